The lowest BCUT2D eigenvalue weighted by Crippen LogP contribution is -2.36. The summed E-state index contributed by atoms with van der Waals surface area (Å²) in [5, 5.41) is 4.79. The van der Waals surface area contributed by atoms with Gasteiger partial charge in [-0.1, -0.05) is 44.0 Å². The monoisotopic (exact) mass is 343 g/mol. The Labute approximate surface area is 139 Å². The van der Waals surface area contributed by atoms with Crippen LogP contribution in [0, 0.1) is 11.3 Å². The quantitative estimate of drug-likeness (QED) is 0.677. The molecular formula is C15H19Cl2N3S. The summed E-state index contributed by atoms with van der Waals surface area (Å²) in [4.78, 5) is 0. The van der Waals surface area contributed by atoms with Crippen LogP contribution in [0.15, 0.2) is 14.8 Å². The molecule has 1 aliphatic carbocycles. The van der Waals surface area contributed by atoms with Crippen LogP contribution in [0.2, 0.25) is 10.0 Å². The van der Waals surface area contributed by atoms with Crippen LogP contribution < -0.4 is 5.32 Å². The molecule has 2 atom stereocenters. The summed E-state index contributed by atoms with van der Waals surface area (Å²) in [7, 11) is 0. The maximum atomic E-state index is 6.38. The molecule has 1 fully saturated rings. The molecule has 3 nitrogen and oxygen atoms in total. The van der Waals surface area contributed by atoms with E-state index in [-0.39, 0.29) is 0 Å². The maximum Gasteiger partial charge on any atom is 0.130 e. The van der Waals surface area contributed by atoms with Crippen LogP contribution >= 0.6 is 23.2 Å². The van der Waals surface area contributed by atoms with Crippen molar-refractivity contribution >= 4 is 51.6 Å². The fraction of sp³-hybridized carbons (Fsp3) is 0.600. The second-order valence-corrected chi connectivity index (χ2v) is 8.15. The van der Waals surface area contributed by atoms with Gasteiger partial charge in [0.15, 0.2) is 0 Å². The van der Waals surface area contributed by atoms with Crippen molar-refractivity contribution in [2.45, 2.75) is 46.1 Å². The number of benzene rings is 1. The maximum absolute atomic E-state index is 6.38. The molecular weight excluding hydrogens is 325 g/mol. The zero-order valence-electron chi connectivity index (χ0n) is 12.4. The van der Waals surface area contributed by atoms with Crippen LogP contribution in [-0.4, -0.2) is 6.04 Å². The van der Waals surface area contributed by atoms with Gasteiger partial charge in [-0.2, -0.15) is 8.73 Å². The van der Waals surface area contributed by atoms with Gasteiger partial charge >= 0.3 is 0 Å². The van der Waals surface area contributed by atoms with Crippen LogP contribution in [0.1, 0.15) is 40.0 Å². The molecule has 2 aliphatic rings. The molecule has 114 valence electrons. The highest BCUT2D eigenvalue weighted by atomic mass is 35.5. The fourth-order valence-corrected chi connectivity index (χ4v) is 4.52. The smallest absolute Gasteiger partial charge is 0.130 e. The summed E-state index contributed by atoms with van der Waals surface area (Å²) in [6.07, 6.45) is 3.58. The zero-order valence-corrected chi connectivity index (χ0v) is 14.7. The topological polar surface area (TPSA) is 36.8 Å². The molecule has 1 aromatic carbocycles. The predicted octanol–water partition coefficient (Wildman–Crippen LogP) is 6.35. The lowest BCUT2D eigenvalue weighted by molar-refractivity contribution is 0.177. The lowest BCUT2D eigenvalue weighted by Gasteiger charge is -2.40. The molecule has 1 heterocycles. The van der Waals surface area contributed by atoms with Crippen molar-refractivity contribution in [3.05, 3.63) is 16.1 Å². The molecule has 21 heavy (non-hydrogen) atoms. The molecule has 0 aromatic heterocycles. The van der Waals surface area contributed by atoms with Crippen LogP contribution in [0.4, 0.5) is 17.1 Å². The Bertz CT molecular complexity index is 651. The second kappa shape index (κ2) is 5.56. The van der Waals surface area contributed by atoms with Gasteiger partial charge in [0.2, 0.25) is 0 Å². The first-order chi connectivity index (χ1) is 9.87. The first-order valence-corrected chi connectivity index (χ1v) is 8.73. The highest BCUT2D eigenvalue weighted by Crippen LogP contribution is 2.49. The number of halogens is 2. The minimum atomic E-state index is 0.418. The molecule has 3 rings (SSSR count). The Balaban J connectivity index is 1.87. The largest absolute Gasteiger partial charge is 0.379 e. The third-order valence-corrected chi connectivity index (χ3v) is 5.58. The minimum absolute atomic E-state index is 0.418. The number of nitrogens with zero attached hydrogens (tertiary/aromatic N) is 2. The first kappa shape index (κ1) is 15.3. The highest BCUT2D eigenvalue weighted by molar-refractivity contribution is 7.58. The van der Waals surface area contributed by atoms with E-state index in [1.54, 1.807) is 6.07 Å². The van der Waals surface area contributed by atoms with Crippen molar-refractivity contribution in [3.63, 3.8) is 0 Å². The summed E-state index contributed by atoms with van der Waals surface area (Å²) in [5.41, 5.74) is 2.83. The first-order valence-electron chi connectivity index (χ1n) is 7.24. The number of fused-ring (bicyclic) bond motifs is 1. The van der Waals surface area contributed by atoms with Crippen LogP contribution in [0.5, 0.6) is 0 Å². The van der Waals surface area contributed by atoms with Gasteiger partial charge < -0.3 is 5.32 Å². The number of nitrogens with one attached hydrogen (secondary N) is 1. The Hall–Kier alpha value is -0.580. The molecule has 2 unspecified atom stereocenters. The van der Waals surface area contributed by atoms with Crippen molar-refractivity contribution in [2.75, 3.05) is 5.32 Å². The molecule has 0 bridgehead atoms. The molecule has 0 saturated heterocycles. The van der Waals surface area contributed by atoms with E-state index < -0.39 is 0 Å². The normalized spacial score (nSPS) is 26.3. The molecule has 1 N–H and O–H groups in total. The molecule has 0 amide bonds. The van der Waals surface area contributed by atoms with E-state index in [1.807, 2.05) is 0 Å². The Morgan fingerprint density at radius 3 is 2.67 bits per heavy atom. The summed E-state index contributed by atoms with van der Waals surface area (Å²) in [6, 6.07) is 2.17. The fourth-order valence-electron chi connectivity index (χ4n) is 3.36. The SMILES string of the molecule is CC1CC(C)(C)CCC1Nc1c(Cl)cc(Cl)c2c1N=S=N2. The Kier molecular flexibility index (Phi) is 4.06. The van der Waals surface area contributed by atoms with Gasteiger partial charge in [0.25, 0.3) is 0 Å². The van der Waals surface area contributed by atoms with E-state index in [1.165, 1.54) is 24.2 Å². The average Bonchev–Trinajstić information content (AvgIpc) is 2.85. The standard InChI is InChI=1S/C15H19Cl2N3S/c1-8-7-15(2,3)5-4-11(8)18-12-9(16)6-10(17)13-14(12)20-21-19-13/h6,8,11,18H,4-5,7H2,1-3H3. The third-order valence-electron chi connectivity index (χ3n) is 4.47. The summed E-state index contributed by atoms with van der Waals surface area (Å²) in [6.45, 7) is 6.99. The van der Waals surface area contributed by atoms with Gasteiger partial charge in [-0.15, -0.1) is 0 Å². The van der Waals surface area contributed by atoms with Gasteiger partial charge in [-0.25, -0.2) is 0 Å². The van der Waals surface area contributed by atoms with Crippen molar-refractivity contribution < 1.29 is 0 Å². The predicted molar refractivity (Wildman–Crippen MR) is 92.2 cm³/mol. The molecule has 0 spiro atoms. The Morgan fingerprint density at radius 2 is 1.95 bits per heavy atom. The van der Waals surface area contributed by atoms with Crippen LogP contribution in [0.25, 0.3) is 0 Å². The van der Waals surface area contributed by atoms with E-state index >= 15 is 0 Å². The van der Waals surface area contributed by atoms with E-state index in [9.17, 15) is 0 Å². The van der Waals surface area contributed by atoms with E-state index in [0.29, 0.717) is 27.4 Å². The molecule has 6 heteroatoms. The van der Waals surface area contributed by atoms with Crippen molar-refractivity contribution in [1.29, 1.82) is 0 Å². The van der Waals surface area contributed by atoms with E-state index in [0.717, 1.165) is 23.5 Å². The van der Waals surface area contributed by atoms with Crippen molar-refractivity contribution in [2.24, 2.45) is 20.1 Å². The Morgan fingerprint density at radius 1 is 1.24 bits per heavy atom. The minimum Gasteiger partial charge on any atom is -0.379 e. The third kappa shape index (κ3) is 2.99. The summed E-state index contributed by atoms with van der Waals surface area (Å²) in [5.74, 6) is 0.599. The van der Waals surface area contributed by atoms with Gasteiger partial charge in [-0.05, 0) is 36.7 Å². The lowest BCUT2D eigenvalue weighted by atomic mass is 9.70. The summed E-state index contributed by atoms with van der Waals surface area (Å²) >= 11 is 13.7. The van der Waals surface area contributed by atoms with Crippen LogP contribution in [0.3, 0.4) is 0 Å². The molecule has 1 saturated carbocycles. The van der Waals surface area contributed by atoms with E-state index in [2.05, 4.69) is 34.8 Å². The van der Waals surface area contributed by atoms with Gasteiger partial charge in [0.1, 0.15) is 11.4 Å². The number of hydrogen-bond donors (Lipinski definition) is 1. The molecule has 1 aromatic rings. The number of anilines is 1. The van der Waals surface area contributed by atoms with Crippen molar-refractivity contribution in [1.82, 2.24) is 0 Å². The highest BCUT2D eigenvalue weighted by Gasteiger charge is 2.33. The number of rotatable bonds is 2. The zero-order chi connectivity index (χ0) is 15.2. The van der Waals surface area contributed by atoms with Crippen LogP contribution in [-0.2, 0) is 11.4 Å². The van der Waals surface area contributed by atoms with Crippen molar-refractivity contribution in [3.8, 4) is 0 Å². The average molecular weight is 344 g/mol. The van der Waals surface area contributed by atoms with Gasteiger partial charge in [0, 0.05) is 6.04 Å². The second-order valence-electron chi connectivity index (χ2n) is 6.81. The summed E-state index contributed by atoms with van der Waals surface area (Å²) < 4.78 is 8.61. The van der Waals surface area contributed by atoms with Gasteiger partial charge in [0.05, 0.1) is 27.1 Å². The van der Waals surface area contributed by atoms with E-state index in [4.69, 9.17) is 23.2 Å². The van der Waals surface area contributed by atoms with Gasteiger partial charge in [-0.3, -0.25) is 0 Å². The number of hydrogen-bond acceptors (Lipinski definition) is 3. The molecule has 0 radical (unpaired) electrons. The molecule has 1 aliphatic heterocycles.